The number of esters is 1. The van der Waals surface area contributed by atoms with Crippen LogP contribution in [0.4, 0.5) is 9.93 Å². The molecule has 2 heterocycles. The number of rotatable bonds is 9. The van der Waals surface area contributed by atoms with Crippen molar-refractivity contribution >= 4 is 40.3 Å². The fourth-order valence-corrected chi connectivity index (χ4v) is 5.37. The maximum Gasteiger partial charge on any atom is 0.350 e. The third-order valence-corrected chi connectivity index (χ3v) is 7.59. The Morgan fingerprint density at radius 1 is 1.24 bits per heavy atom. The number of nitrogens with zero attached hydrogens (tertiary/aromatic N) is 3. The van der Waals surface area contributed by atoms with E-state index in [-0.39, 0.29) is 25.0 Å². The molecule has 1 aromatic rings. The number of urea groups is 1. The number of hydrogen-bond donors (Lipinski definition) is 1. The average Bonchev–Trinajstić information content (AvgIpc) is 3.26. The molecule has 1 aromatic heterocycles. The molecule has 3 rings (SSSR count). The Bertz CT molecular complexity index is 907. The van der Waals surface area contributed by atoms with E-state index < -0.39 is 17.5 Å². The third-order valence-electron chi connectivity index (χ3n) is 6.43. The number of nitrogens with one attached hydrogen (secondary N) is 1. The Morgan fingerprint density at radius 2 is 1.94 bits per heavy atom. The second-order valence-electron chi connectivity index (χ2n) is 8.97. The molecular weight excluding hydrogens is 444 g/mol. The first-order chi connectivity index (χ1) is 15.7. The molecule has 1 N–H and O–H groups in total. The number of aromatic nitrogens is 1. The number of aryl methyl sites for hydroxylation is 1. The standard InChI is InChI=1S/C23H34N4O5S/c1-5-7-8-13-26(22-24-16(4)18(33-22)19(29)32-6-2)17(28)14-27-20(30)23(25-21(27)31)11-9-15(3)10-12-23/h15H,5-14H2,1-4H3,(H,25,31). The van der Waals surface area contributed by atoms with Crippen molar-refractivity contribution in [2.75, 3.05) is 24.6 Å². The van der Waals surface area contributed by atoms with Gasteiger partial charge >= 0.3 is 12.0 Å². The van der Waals surface area contributed by atoms with E-state index in [1.165, 1.54) is 4.90 Å². The Morgan fingerprint density at radius 3 is 2.58 bits per heavy atom. The number of hydrogen-bond acceptors (Lipinski definition) is 7. The summed E-state index contributed by atoms with van der Waals surface area (Å²) >= 11 is 1.10. The average molecular weight is 479 g/mol. The fourth-order valence-electron chi connectivity index (χ4n) is 4.36. The van der Waals surface area contributed by atoms with Gasteiger partial charge in [-0.05, 0) is 51.9 Å². The highest BCUT2D eigenvalue weighted by Gasteiger charge is 2.52. The minimum absolute atomic E-state index is 0.247. The van der Waals surface area contributed by atoms with E-state index in [1.807, 2.05) is 0 Å². The minimum atomic E-state index is -0.883. The SMILES string of the molecule is CCCCCN(C(=O)CN1C(=O)NC2(CCC(C)CC2)C1=O)c1nc(C)c(C(=O)OCC)s1. The van der Waals surface area contributed by atoms with Crippen molar-refractivity contribution in [3.05, 3.63) is 10.6 Å². The van der Waals surface area contributed by atoms with Crippen LogP contribution in [0, 0.1) is 12.8 Å². The summed E-state index contributed by atoms with van der Waals surface area (Å²) in [6, 6.07) is -0.515. The van der Waals surface area contributed by atoms with Gasteiger partial charge in [-0.3, -0.25) is 19.4 Å². The lowest BCUT2D eigenvalue weighted by Gasteiger charge is -2.33. The van der Waals surface area contributed by atoms with Gasteiger partial charge in [0.1, 0.15) is 17.0 Å². The van der Waals surface area contributed by atoms with Crippen molar-refractivity contribution < 1.29 is 23.9 Å². The van der Waals surface area contributed by atoms with Crippen molar-refractivity contribution in [2.45, 2.75) is 78.2 Å². The Kier molecular flexibility index (Phi) is 8.10. The number of amides is 4. The van der Waals surface area contributed by atoms with Gasteiger partial charge in [-0.1, -0.05) is 38.0 Å². The highest BCUT2D eigenvalue weighted by Crippen LogP contribution is 2.36. The minimum Gasteiger partial charge on any atom is -0.462 e. The van der Waals surface area contributed by atoms with E-state index >= 15 is 0 Å². The zero-order valence-corrected chi connectivity index (χ0v) is 20.8. The first-order valence-electron chi connectivity index (χ1n) is 11.8. The number of anilines is 1. The molecule has 9 nitrogen and oxygen atoms in total. The third kappa shape index (κ3) is 5.37. The maximum absolute atomic E-state index is 13.3. The molecule has 1 spiro atoms. The molecule has 182 valence electrons. The smallest absolute Gasteiger partial charge is 0.350 e. The van der Waals surface area contributed by atoms with Gasteiger partial charge in [0.25, 0.3) is 5.91 Å². The van der Waals surface area contributed by atoms with E-state index in [4.69, 9.17) is 4.74 Å². The number of ether oxygens (including phenoxy) is 1. The monoisotopic (exact) mass is 478 g/mol. The van der Waals surface area contributed by atoms with Gasteiger partial charge in [0.05, 0.1) is 12.3 Å². The van der Waals surface area contributed by atoms with Crippen LogP contribution in [0.15, 0.2) is 0 Å². The van der Waals surface area contributed by atoms with Crippen LogP contribution in [0.2, 0.25) is 0 Å². The summed E-state index contributed by atoms with van der Waals surface area (Å²) in [6.45, 7) is 7.94. The topological polar surface area (TPSA) is 109 Å². The zero-order chi connectivity index (χ0) is 24.2. The number of imide groups is 1. The summed E-state index contributed by atoms with van der Waals surface area (Å²) in [5.41, 5.74) is -0.391. The lowest BCUT2D eigenvalue weighted by Crippen LogP contribution is -2.50. The summed E-state index contributed by atoms with van der Waals surface area (Å²) in [7, 11) is 0. The van der Waals surface area contributed by atoms with Crippen LogP contribution in [-0.4, -0.2) is 58.9 Å². The lowest BCUT2D eigenvalue weighted by molar-refractivity contribution is -0.135. The van der Waals surface area contributed by atoms with Gasteiger partial charge in [0.15, 0.2) is 5.13 Å². The highest BCUT2D eigenvalue weighted by molar-refractivity contribution is 7.17. The van der Waals surface area contributed by atoms with Crippen molar-refractivity contribution in [1.82, 2.24) is 15.2 Å². The molecule has 10 heteroatoms. The van der Waals surface area contributed by atoms with Crippen LogP contribution in [0.5, 0.6) is 0 Å². The Labute approximate surface area is 198 Å². The number of unbranched alkanes of at least 4 members (excludes halogenated alkanes) is 2. The van der Waals surface area contributed by atoms with E-state index in [0.29, 0.717) is 41.0 Å². The molecule has 1 aliphatic heterocycles. The highest BCUT2D eigenvalue weighted by atomic mass is 32.1. The zero-order valence-electron chi connectivity index (χ0n) is 19.9. The molecular formula is C23H34N4O5S. The molecule has 0 aromatic carbocycles. The van der Waals surface area contributed by atoms with Gasteiger partial charge < -0.3 is 10.1 Å². The second kappa shape index (κ2) is 10.6. The van der Waals surface area contributed by atoms with Gasteiger partial charge in [-0.2, -0.15) is 0 Å². The summed E-state index contributed by atoms with van der Waals surface area (Å²) in [6.07, 6.45) is 5.57. The fraction of sp³-hybridized carbons (Fsp3) is 0.696. The second-order valence-corrected chi connectivity index (χ2v) is 9.95. The lowest BCUT2D eigenvalue weighted by atomic mass is 9.77. The van der Waals surface area contributed by atoms with Crippen LogP contribution < -0.4 is 10.2 Å². The molecule has 1 saturated heterocycles. The summed E-state index contributed by atoms with van der Waals surface area (Å²) < 4.78 is 5.09. The summed E-state index contributed by atoms with van der Waals surface area (Å²) in [4.78, 5) is 58.7. The van der Waals surface area contributed by atoms with Crippen LogP contribution in [0.3, 0.4) is 0 Å². The van der Waals surface area contributed by atoms with Gasteiger partial charge in [-0.15, -0.1) is 0 Å². The van der Waals surface area contributed by atoms with Gasteiger partial charge in [0, 0.05) is 6.54 Å². The number of carbonyl (C=O) groups is 4. The van der Waals surface area contributed by atoms with Crippen LogP contribution in [-0.2, 0) is 14.3 Å². The summed E-state index contributed by atoms with van der Waals surface area (Å²) in [5.74, 6) is -0.655. The molecule has 2 aliphatic rings. The van der Waals surface area contributed by atoms with Crippen molar-refractivity contribution in [2.24, 2.45) is 5.92 Å². The van der Waals surface area contributed by atoms with Crippen molar-refractivity contribution in [1.29, 1.82) is 0 Å². The molecule has 1 aliphatic carbocycles. The number of carbonyl (C=O) groups excluding carboxylic acids is 4. The Hall–Kier alpha value is -2.49. The molecule has 33 heavy (non-hydrogen) atoms. The quantitative estimate of drug-likeness (QED) is 0.330. The molecule has 0 bridgehead atoms. The van der Waals surface area contributed by atoms with Crippen LogP contribution in [0.1, 0.15) is 81.1 Å². The Balaban J connectivity index is 1.78. The predicted octanol–water partition coefficient (Wildman–Crippen LogP) is 3.65. The van der Waals surface area contributed by atoms with E-state index in [0.717, 1.165) is 48.3 Å². The predicted molar refractivity (Wildman–Crippen MR) is 125 cm³/mol. The van der Waals surface area contributed by atoms with Crippen molar-refractivity contribution in [3.8, 4) is 0 Å². The molecule has 4 amide bonds. The molecule has 0 unspecified atom stereocenters. The normalized spacial score (nSPS) is 22.5. The first-order valence-corrected chi connectivity index (χ1v) is 12.6. The van der Waals surface area contributed by atoms with E-state index in [2.05, 4.69) is 24.1 Å². The molecule has 0 atom stereocenters. The maximum atomic E-state index is 13.3. The molecule has 1 saturated carbocycles. The van der Waals surface area contributed by atoms with Crippen LogP contribution >= 0.6 is 11.3 Å². The van der Waals surface area contributed by atoms with Crippen molar-refractivity contribution in [3.63, 3.8) is 0 Å². The number of thiazole rings is 1. The summed E-state index contributed by atoms with van der Waals surface area (Å²) in [5, 5.41) is 3.24. The molecule has 0 radical (unpaired) electrons. The largest absolute Gasteiger partial charge is 0.462 e. The van der Waals surface area contributed by atoms with E-state index in [9.17, 15) is 19.2 Å². The van der Waals surface area contributed by atoms with E-state index in [1.54, 1.807) is 13.8 Å². The van der Waals surface area contributed by atoms with Gasteiger partial charge in [-0.25, -0.2) is 14.6 Å². The van der Waals surface area contributed by atoms with Crippen LogP contribution in [0.25, 0.3) is 0 Å². The first kappa shape index (κ1) is 25.1. The molecule has 2 fully saturated rings. The van der Waals surface area contributed by atoms with Gasteiger partial charge in [0.2, 0.25) is 5.91 Å².